The topological polar surface area (TPSA) is 79.7 Å². The van der Waals surface area contributed by atoms with E-state index in [4.69, 9.17) is 0 Å². The summed E-state index contributed by atoms with van der Waals surface area (Å²) in [5.74, 6) is 0.831. The van der Waals surface area contributed by atoms with Crippen molar-refractivity contribution < 1.29 is 0 Å². The van der Waals surface area contributed by atoms with Crippen LogP contribution in [0.15, 0.2) is 53.3 Å². The molecule has 4 aromatic rings. The number of rotatable bonds is 8. The SMILES string of the molecule is CCC(c1nnnn1C(C)(C)C)N(CCc1ccccc1)Cc1cc2c(C)ccc(C)c2[nH]c1=O. The van der Waals surface area contributed by atoms with Crippen molar-refractivity contribution in [2.24, 2.45) is 0 Å². The van der Waals surface area contributed by atoms with Crippen LogP contribution in [-0.4, -0.2) is 36.6 Å². The van der Waals surface area contributed by atoms with E-state index in [1.165, 1.54) is 5.56 Å². The number of H-pyrrole nitrogens is 1. The quantitative estimate of drug-likeness (QED) is 0.387. The van der Waals surface area contributed by atoms with Gasteiger partial charge < -0.3 is 4.98 Å². The largest absolute Gasteiger partial charge is 0.321 e. The average Bonchev–Trinajstić information content (AvgIpc) is 3.32. The molecular weight excluding hydrogens is 436 g/mol. The summed E-state index contributed by atoms with van der Waals surface area (Å²) in [4.78, 5) is 18.7. The normalized spacial score (nSPS) is 13.0. The molecular formula is C28H36N6O. The Bertz CT molecular complexity index is 1350. The first kappa shape index (κ1) is 24.8. The number of tetrazole rings is 1. The molecule has 0 saturated carbocycles. The lowest BCUT2D eigenvalue weighted by molar-refractivity contribution is 0.163. The number of benzene rings is 2. The number of hydrogen-bond acceptors (Lipinski definition) is 5. The van der Waals surface area contributed by atoms with E-state index in [-0.39, 0.29) is 17.1 Å². The monoisotopic (exact) mass is 472 g/mol. The van der Waals surface area contributed by atoms with E-state index < -0.39 is 0 Å². The maximum absolute atomic E-state index is 13.2. The van der Waals surface area contributed by atoms with E-state index in [1.54, 1.807) is 0 Å². The van der Waals surface area contributed by atoms with Crippen molar-refractivity contribution in [3.63, 3.8) is 0 Å². The summed E-state index contributed by atoms with van der Waals surface area (Å²) >= 11 is 0. The van der Waals surface area contributed by atoms with Gasteiger partial charge in [-0.05, 0) is 80.6 Å². The molecule has 0 saturated heterocycles. The lowest BCUT2D eigenvalue weighted by atomic mass is 10.0. The van der Waals surface area contributed by atoms with Gasteiger partial charge in [0, 0.05) is 24.0 Å². The zero-order chi connectivity index (χ0) is 25.2. The Labute approximate surface area is 207 Å². The van der Waals surface area contributed by atoms with Crippen LogP contribution in [0, 0.1) is 13.8 Å². The van der Waals surface area contributed by atoms with Crippen LogP contribution in [0.25, 0.3) is 10.9 Å². The van der Waals surface area contributed by atoms with Crippen LogP contribution in [0.2, 0.25) is 0 Å². The van der Waals surface area contributed by atoms with Crippen molar-refractivity contribution >= 4 is 10.9 Å². The molecule has 0 fully saturated rings. The third-order valence-corrected chi connectivity index (χ3v) is 6.68. The second-order valence-corrected chi connectivity index (χ2v) is 10.4. The second kappa shape index (κ2) is 10.1. The van der Waals surface area contributed by atoms with Crippen molar-refractivity contribution in [2.45, 2.75) is 72.5 Å². The van der Waals surface area contributed by atoms with Crippen molar-refractivity contribution in [2.75, 3.05) is 6.54 Å². The van der Waals surface area contributed by atoms with E-state index >= 15 is 0 Å². The number of nitrogens with one attached hydrogen (secondary N) is 1. The van der Waals surface area contributed by atoms with Crippen molar-refractivity contribution in [1.82, 2.24) is 30.1 Å². The molecule has 7 nitrogen and oxygen atoms in total. The molecule has 7 heteroatoms. The van der Waals surface area contributed by atoms with Gasteiger partial charge in [-0.2, -0.15) is 0 Å². The summed E-state index contributed by atoms with van der Waals surface area (Å²) in [7, 11) is 0. The molecule has 2 aromatic heterocycles. The number of aromatic amines is 1. The zero-order valence-electron chi connectivity index (χ0n) is 21.7. The predicted molar refractivity (Wildman–Crippen MR) is 140 cm³/mol. The number of aryl methyl sites for hydroxylation is 2. The van der Waals surface area contributed by atoms with Crippen LogP contribution in [0.4, 0.5) is 0 Å². The molecule has 0 bridgehead atoms. The number of aromatic nitrogens is 5. The Morgan fingerprint density at radius 2 is 1.77 bits per heavy atom. The van der Waals surface area contributed by atoms with Crippen molar-refractivity contribution in [3.8, 4) is 0 Å². The molecule has 1 unspecified atom stereocenters. The van der Waals surface area contributed by atoms with Crippen LogP contribution in [0.1, 0.15) is 68.2 Å². The summed E-state index contributed by atoms with van der Waals surface area (Å²) in [6, 6.07) is 16.7. The zero-order valence-corrected chi connectivity index (χ0v) is 21.7. The molecule has 2 heterocycles. The number of hydrogen-bond donors (Lipinski definition) is 1. The average molecular weight is 473 g/mol. The molecule has 2 aromatic carbocycles. The molecule has 0 aliphatic heterocycles. The van der Waals surface area contributed by atoms with Gasteiger partial charge in [0.05, 0.1) is 17.1 Å². The Kier molecular flexibility index (Phi) is 7.17. The summed E-state index contributed by atoms with van der Waals surface area (Å²) in [5.41, 5.74) is 4.88. The van der Waals surface area contributed by atoms with E-state index in [1.807, 2.05) is 17.7 Å². The summed E-state index contributed by atoms with van der Waals surface area (Å²) in [6.45, 7) is 13.9. The molecule has 0 spiro atoms. The van der Waals surface area contributed by atoms with Gasteiger partial charge in [0.1, 0.15) is 0 Å². The molecule has 1 N–H and O–H groups in total. The van der Waals surface area contributed by atoms with Crippen LogP contribution in [-0.2, 0) is 18.5 Å². The highest BCUT2D eigenvalue weighted by Gasteiger charge is 2.29. The maximum Gasteiger partial charge on any atom is 0.252 e. The lowest BCUT2D eigenvalue weighted by Crippen LogP contribution is -2.36. The molecule has 0 aliphatic carbocycles. The highest BCUT2D eigenvalue weighted by Crippen LogP contribution is 2.28. The van der Waals surface area contributed by atoms with Crippen molar-refractivity contribution in [3.05, 3.63) is 87.0 Å². The Hall–Kier alpha value is -3.32. The van der Waals surface area contributed by atoms with Gasteiger partial charge in [-0.3, -0.25) is 9.69 Å². The fourth-order valence-electron chi connectivity index (χ4n) is 4.70. The van der Waals surface area contributed by atoms with Crippen LogP contribution in [0.3, 0.4) is 0 Å². The smallest absolute Gasteiger partial charge is 0.252 e. The number of pyridine rings is 1. The Morgan fingerprint density at radius 3 is 2.46 bits per heavy atom. The minimum atomic E-state index is -0.244. The minimum Gasteiger partial charge on any atom is -0.321 e. The Balaban J connectivity index is 1.75. The molecule has 184 valence electrons. The number of fused-ring (bicyclic) bond motifs is 1. The second-order valence-electron chi connectivity index (χ2n) is 10.4. The maximum atomic E-state index is 13.2. The summed E-state index contributed by atoms with van der Waals surface area (Å²) in [6.07, 6.45) is 1.70. The summed E-state index contributed by atoms with van der Waals surface area (Å²) < 4.78 is 1.91. The van der Waals surface area contributed by atoms with Gasteiger partial charge in [0.2, 0.25) is 0 Å². The highest BCUT2D eigenvalue weighted by molar-refractivity contribution is 5.85. The summed E-state index contributed by atoms with van der Waals surface area (Å²) in [5, 5.41) is 13.9. The van der Waals surface area contributed by atoms with Gasteiger partial charge in [-0.15, -0.1) is 5.10 Å². The van der Waals surface area contributed by atoms with Gasteiger partial charge in [-0.1, -0.05) is 49.4 Å². The van der Waals surface area contributed by atoms with E-state index in [9.17, 15) is 4.79 Å². The first-order chi connectivity index (χ1) is 16.7. The molecule has 0 amide bonds. The van der Waals surface area contributed by atoms with E-state index in [0.29, 0.717) is 6.54 Å². The lowest BCUT2D eigenvalue weighted by Gasteiger charge is -2.32. The fourth-order valence-corrected chi connectivity index (χ4v) is 4.70. The number of nitrogens with zero attached hydrogens (tertiary/aromatic N) is 5. The third kappa shape index (κ3) is 5.35. The van der Waals surface area contributed by atoms with Crippen LogP contribution in [0.5, 0.6) is 0 Å². The molecule has 0 aliphatic rings. The standard InChI is InChI=1S/C28H36N6O/c1-7-24(26-30-31-32-34(26)28(4,5)6)33(16-15-21-11-9-8-10-12-21)18-22-17-23-19(2)13-14-20(3)25(23)29-27(22)35/h8-14,17,24H,7,15-16,18H2,1-6H3,(H,29,35). The van der Waals surface area contributed by atoms with Gasteiger partial charge >= 0.3 is 0 Å². The fraction of sp³-hybridized carbons (Fsp3) is 0.429. The highest BCUT2D eigenvalue weighted by atomic mass is 16.1. The van der Waals surface area contributed by atoms with Gasteiger partial charge in [0.25, 0.3) is 5.56 Å². The first-order valence-electron chi connectivity index (χ1n) is 12.4. The predicted octanol–water partition coefficient (Wildman–Crippen LogP) is 5.08. The minimum absolute atomic E-state index is 0.0263. The van der Waals surface area contributed by atoms with Gasteiger partial charge in [0.15, 0.2) is 5.82 Å². The molecule has 35 heavy (non-hydrogen) atoms. The molecule has 4 rings (SSSR count). The van der Waals surface area contributed by atoms with Crippen LogP contribution >= 0.6 is 0 Å². The van der Waals surface area contributed by atoms with E-state index in [0.717, 1.165) is 52.8 Å². The van der Waals surface area contributed by atoms with Gasteiger partial charge in [-0.25, -0.2) is 4.68 Å². The third-order valence-electron chi connectivity index (χ3n) is 6.68. The Morgan fingerprint density at radius 1 is 1.06 bits per heavy atom. The molecule has 1 atom stereocenters. The van der Waals surface area contributed by atoms with Crippen LogP contribution < -0.4 is 5.56 Å². The molecule has 0 radical (unpaired) electrons. The van der Waals surface area contributed by atoms with E-state index in [2.05, 4.69) is 102 Å². The first-order valence-corrected chi connectivity index (χ1v) is 12.4. The van der Waals surface area contributed by atoms with Crippen molar-refractivity contribution in [1.29, 1.82) is 0 Å².